The second kappa shape index (κ2) is 6.73. The zero-order valence-electron chi connectivity index (χ0n) is 10.9. The summed E-state index contributed by atoms with van der Waals surface area (Å²) in [5, 5.41) is 0.747. The largest absolute Gasteiger partial charge is 0.459 e. The van der Waals surface area contributed by atoms with Crippen molar-refractivity contribution in [3.8, 4) is 0 Å². The van der Waals surface area contributed by atoms with Crippen LogP contribution in [-0.4, -0.2) is 11.0 Å². The molecular formula is C15H13Cl2NO2. The number of aryl methyl sites for hydroxylation is 1. The summed E-state index contributed by atoms with van der Waals surface area (Å²) in [6, 6.07) is 10.9. The molecule has 0 saturated heterocycles. The Bertz CT molecular complexity index is 629. The molecule has 0 fully saturated rings. The molecule has 0 bridgehead atoms. The summed E-state index contributed by atoms with van der Waals surface area (Å²) in [4.78, 5) is 15.8. The molecule has 0 spiro atoms. The highest BCUT2D eigenvalue weighted by Crippen LogP contribution is 2.17. The van der Waals surface area contributed by atoms with Gasteiger partial charge in [-0.15, -0.1) is 0 Å². The Morgan fingerprint density at radius 1 is 1.25 bits per heavy atom. The molecule has 2 rings (SSSR count). The van der Waals surface area contributed by atoms with E-state index in [1.165, 1.54) is 0 Å². The lowest BCUT2D eigenvalue weighted by molar-refractivity contribution is -0.144. The first-order valence-corrected chi connectivity index (χ1v) is 6.82. The fourth-order valence-corrected chi connectivity index (χ4v) is 2.07. The number of rotatable bonds is 4. The molecule has 0 aliphatic heterocycles. The van der Waals surface area contributed by atoms with Crippen LogP contribution in [0.1, 0.15) is 16.8 Å². The van der Waals surface area contributed by atoms with Crippen LogP contribution in [0.5, 0.6) is 0 Å². The molecule has 0 atom stereocenters. The number of hydrogen-bond acceptors (Lipinski definition) is 3. The van der Waals surface area contributed by atoms with Gasteiger partial charge in [-0.05, 0) is 24.6 Å². The van der Waals surface area contributed by atoms with Gasteiger partial charge in [0.2, 0.25) is 0 Å². The molecule has 0 aliphatic carbocycles. The van der Waals surface area contributed by atoms with Crippen molar-refractivity contribution in [3.05, 3.63) is 63.4 Å². The summed E-state index contributed by atoms with van der Waals surface area (Å²) in [5.41, 5.74) is 2.48. The molecule has 5 heteroatoms. The van der Waals surface area contributed by atoms with E-state index >= 15 is 0 Å². The van der Waals surface area contributed by atoms with E-state index in [2.05, 4.69) is 4.98 Å². The molecule has 104 valence electrons. The second-order valence-corrected chi connectivity index (χ2v) is 5.18. The standard InChI is InChI=1S/C15H13Cl2NO2/c1-10-3-2-4-11(7-10)8-15(19)20-9-13-12(16)5-6-14(17)18-13/h2-7H,8-9H2,1H3. The number of carbonyl (C=O) groups is 1. The Labute approximate surface area is 127 Å². The van der Waals surface area contributed by atoms with Gasteiger partial charge in [0.1, 0.15) is 11.8 Å². The van der Waals surface area contributed by atoms with Crippen LogP contribution in [0.3, 0.4) is 0 Å². The van der Waals surface area contributed by atoms with Crippen LogP contribution < -0.4 is 0 Å². The highest BCUT2D eigenvalue weighted by atomic mass is 35.5. The van der Waals surface area contributed by atoms with E-state index in [0.717, 1.165) is 11.1 Å². The van der Waals surface area contributed by atoms with Gasteiger partial charge in [0.05, 0.1) is 17.1 Å². The molecule has 1 heterocycles. The summed E-state index contributed by atoms with van der Waals surface area (Å²) in [6.07, 6.45) is 0.222. The molecule has 0 amide bonds. The minimum Gasteiger partial charge on any atom is -0.459 e. The fourth-order valence-electron chi connectivity index (χ4n) is 1.75. The van der Waals surface area contributed by atoms with E-state index in [0.29, 0.717) is 15.9 Å². The van der Waals surface area contributed by atoms with Gasteiger partial charge in [0.25, 0.3) is 0 Å². The maximum Gasteiger partial charge on any atom is 0.310 e. The van der Waals surface area contributed by atoms with E-state index in [4.69, 9.17) is 27.9 Å². The Morgan fingerprint density at radius 3 is 2.80 bits per heavy atom. The number of pyridine rings is 1. The minimum atomic E-state index is -0.326. The van der Waals surface area contributed by atoms with Crippen LogP contribution in [0.25, 0.3) is 0 Å². The number of benzene rings is 1. The molecule has 1 aromatic heterocycles. The lowest BCUT2D eigenvalue weighted by Crippen LogP contribution is -2.09. The number of ether oxygens (including phenoxy) is 1. The van der Waals surface area contributed by atoms with Gasteiger partial charge in [0, 0.05) is 0 Å². The average molecular weight is 310 g/mol. The molecule has 1 aromatic carbocycles. The van der Waals surface area contributed by atoms with E-state index < -0.39 is 0 Å². The Balaban J connectivity index is 1.94. The minimum absolute atomic E-state index is 0.0179. The van der Waals surface area contributed by atoms with Crippen molar-refractivity contribution in [2.45, 2.75) is 20.0 Å². The number of aromatic nitrogens is 1. The third kappa shape index (κ3) is 4.22. The van der Waals surface area contributed by atoms with Gasteiger partial charge in [-0.25, -0.2) is 4.98 Å². The monoisotopic (exact) mass is 309 g/mol. The SMILES string of the molecule is Cc1cccc(CC(=O)OCc2nc(Cl)ccc2Cl)c1. The number of esters is 1. The second-order valence-electron chi connectivity index (χ2n) is 4.39. The topological polar surface area (TPSA) is 39.2 Å². The third-order valence-corrected chi connectivity index (χ3v) is 3.24. The molecule has 0 N–H and O–H groups in total. The number of hydrogen-bond donors (Lipinski definition) is 0. The van der Waals surface area contributed by atoms with Gasteiger partial charge < -0.3 is 4.74 Å². The van der Waals surface area contributed by atoms with Crippen LogP contribution in [-0.2, 0) is 22.6 Å². The number of carbonyl (C=O) groups excluding carboxylic acids is 1. The molecular weight excluding hydrogens is 297 g/mol. The van der Waals surface area contributed by atoms with Crippen LogP contribution in [0, 0.1) is 6.92 Å². The zero-order chi connectivity index (χ0) is 14.5. The first kappa shape index (κ1) is 14.8. The number of nitrogens with zero attached hydrogens (tertiary/aromatic N) is 1. The molecule has 0 saturated carbocycles. The van der Waals surface area contributed by atoms with Crippen molar-refractivity contribution >= 4 is 29.2 Å². The predicted molar refractivity (Wildman–Crippen MR) is 78.9 cm³/mol. The summed E-state index contributed by atoms with van der Waals surface area (Å²) in [6.45, 7) is 1.99. The Kier molecular flexibility index (Phi) is 4.99. The maximum atomic E-state index is 11.8. The molecule has 3 nitrogen and oxygen atoms in total. The van der Waals surface area contributed by atoms with E-state index in [-0.39, 0.29) is 19.0 Å². The quantitative estimate of drug-likeness (QED) is 0.633. The highest BCUT2D eigenvalue weighted by Gasteiger charge is 2.09. The van der Waals surface area contributed by atoms with Crippen molar-refractivity contribution in [1.29, 1.82) is 0 Å². The van der Waals surface area contributed by atoms with Crippen LogP contribution in [0.2, 0.25) is 10.2 Å². The van der Waals surface area contributed by atoms with Gasteiger partial charge in [-0.3, -0.25) is 4.79 Å². The summed E-state index contributed by atoms with van der Waals surface area (Å²) >= 11 is 11.7. The molecule has 0 unspecified atom stereocenters. The summed E-state index contributed by atoms with van der Waals surface area (Å²) in [7, 11) is 0. The van der Waals surface area contributed by atoms with Crippen LogP contribution >= 0.6 is 23.2 Å². The van der Waals surface area contributed by atoms with Gasteiger partial charge in [-0.1, -0.05) is 53.0 Å². The molecule has 0 aliphatic rings. The third-order valence-electron chi connectivity index (χ3n) is 2.69. The maximum absolute atomic E-state index is 11.8. The Hall–Kier alpha value is -1.58. The molecule has 2 aromatic rings. The lowest BCUT2D eigenvalue weighted by Gasteiger charge is -2.06. The number of halogens is 2. The summed E-state index contributed by atoms with van der Waals surface area (Å²) < 4.78 is 5.16. The van der Waals surface area contributed by atoms with Crippen molar-refractivity contribution in [2.24, 2.45) is 0 Å². The van der Waals surface area contributed by atoms with Crippen molar-refractivity contribution in [3.63, 3.8) is 0 Å². The lowest BCUT2D eigenvalue weighted by atomic mass is 10.1. The highest BCUT2D eigenvalue weighted by molar-refractivity contribution is 6.32. The van der Waals surface area contributed by atoms with Gasteiger partial charge in [-0.2, -0.15) is 0 Å². The van der Waals surface area contributed by atoms with E-state index in [1.807, 2.05) is 31.2 Å². The zero-order valence-corrected chi connectivity index (χ0v) is 12.4. The van der Waals surface area contributed by atoms with E-state index in [1.54, 1.807) is 12.1 Å². The first-order chi connectivity index (χ1) is 9.54. The predicted octanol–water partition coefficient (Wildman–Crippen LogP) is 3.98. The fraction of sp³-hybridized carbons (Fsp3) is 0.200. The van der Waals surface area contributed by atoms with Crippen molar-refractivity contribution < 1.29 is 9.53 Å². The summed E-state index contributed by atoms with van der Waals surface area (Å²) in [5.74, 6) is -0.326. The van der Waals surface area contributed by atoms with E-state index in [9.17, 15) is 4.79 Å². The molecule has 20 heavy (non-hydrogen) atoms. The first-order valence-electron chi connectivity index (χ1n) is 6.06. The average Bonchev–Trinajstić information content (AvgIpc) is 2.40. The Morgan fingerprint density at radius 2 is 2.05 bits per heavy atom. The molecule has 0 radical (unpaired) electrons. The van der Waals surface area contributed by atoms with Gasteiger partial charge in [0.15, 0.2) is 0 Å². The van der Waals surface area contributed by atoms with Crippen molar-refractivity contribution in [2.75, 3.05) is 0 Å². The normalized spacial score (nSPS) is 10.3. The smallest absolute Gasteiger partial charge is 0.310 e. The van der Waals surface area contributed by atoms with Gasteiger partial charge >= 0.3 is 5.97 Å². The van der Waals surface area contributed by atoms with Crippen LogP contribution in [0.15, 0.2) is 36.4 Å². The van der Waals surface area contributed by atoms with Crippen LogP contribution in [0.4, 0.5) is 0 Å². The van der Waals surface area contributed by atoms with Crippen molar-refractivity contribution in [1.82, 2.24) is 4.98 Å².